The minimum absolute atomic E-state index is 0.100. The van der Waals surface area contributed by atoms with Gasteiger partial charge < -0.3 is 9.53 Å². The predicted molar refractivity (Wildman–Crippen MR) is 67.4 cm³/mol. The minimum Gasteiger partial charge on any atom is -0.490 e. The van der Waals surface area contributed by atoms with E-state index in [1.54, 1.807) is 0 Å². The van der Waals surface area contributed by atoms with Crippen LogP contribution >= 0.6 is 0 Å². The lowest BCUT2D eigenvalue weighted by atomic mass is 10.2. The van der Waals surface area contributed by atoms with Crippen LogP contribution in [0.5, 0.6) is 5.75 Å². The number of carbonyl (C=O) groups is 1. The normalized spacial score (nSPS) is 10.5. The first-order valence-corrected chi connectivity index (χ1v) is 6.89. The smallest absolute Gasteiger partial charge is 0.140 e. The molecule has 0 aliphatic carbocycles. The first kappa shape index (κ1) is 13.0. The molecule has 0 spiro atoms. The molecule has 86 valence electrons. The molecule has 2 radical (unpaired) electrons. The van der Waals surface area contributed by atoms with Crippen LogP contribution in [0.1, 0.15) is 37.6 Å². The molecule has 16 heavy (non-hydrogen) atoms. The van der Waals surface area contributed by atoms with Gasteiger partial charge >= 0.3 is 0 Å². The molecule has 1 rings (SSSR count). The maximum atomic E-state index is 11.9. The highest BCUT2D eigenvalue weighted by atomic mass is 28.2. The summed E-state index contributed by atoms with van der Waals surface area (Å²) < 4.78 is 5.63. The first-order chi connectivity index (χ1) is 7.65. The van der Waals surface area contributed by atoms with Crippen molar-refractivity contribution in [1.29, 1.82) is 0 Å². The van der Waals surface area contributed by atoms with Gasteiger partial charge in [-0.25, -0.2) is 0 Å². The highest BCUT2D eigenvalue weighted by molar-refractivity contribution is 6.77. The number of benzene rings is 1. The monoisotopic (exact) mass is 234 g/mol. The molecule has 0 aromatic heterocycles. The summed E-state index contributed by atoms with van der Waals surface area (Å²) in [7, 11) is 0.358. The van der Waals surface area contributed by atoms with Gasteiger partial charge in [-0.3, -0.25) is 0 Å². The Balaban J connectivity index is 2.81. The second kappa shape index (κ2) is 6.48. The predicted octanol–water partition coefficient (Wildman–Crippen LogP) is 3.15. The molecule has 0 aliphatic heterocycles. The lowest BCUT2D eigenvalue weighted by molar-refractivity contribution is 0.107. The molecule has 0 N–H and O–H groups in total. The minimum atomic E-state index is 0.100. The van der Waals surface area contributed by atoms with E-state index in [4.69, 9.17) is 4.74 Å². The molecule has 0 aliphatic rings. The molecule has 0 bridgehead atoms. The number of carbonyl (C=O) groups excluding carboxylic acids is 1. The van der Waals surface area contributed by atoms with E-state index in [-0.39, 0.29) is 11.5 Å². The van der Waals surface area contributed by atoms with Crippen LogP contribution in [0.2, 0.25) is 6.04 Å². The zero-order chi connectivity index (χ0) is 12.0. The van der Waals surface area contributed by atoms with Gasteiger partial charge in [0.25, 0.3) is 0 Å². The van der Waals surface area contributed by atoms with E-state index < -0.39 is 0 Å². The van der Waals surface area contributed by atoms with Crippen molar-refractivity contribution in [3.63, 3.8) is 0 Å². The van der Waals surface area contributed by atoms with Crippen LogP contribution in [0.25, 0.3) is 0 Å². The second-order valence-corrected chi connectivity index (χ2v) is 5.23. The van der Waals surface area contributed by atoms with Crippen molar-refractivity contribution < 1.29 is 9.53 Å². The quantitative estimate of drug-likeness (QED) is 0.707. The molecule has 0 saturated carbocycles. The Morgan fingerprint density at radius 2 is 2.06 bits per heavy atom. The lowest BCUT2D eigenvalue weighted by Crippen LogP contribution is -2.13. The SMILES string of the molecule is CCC[Si]C(=O)c1ccccc1OC(C)C. The molecular formula is C13H18O2Si. The number of rotatable bonds is 6. The summed E-state index contributed by atoms with van der Waals surface area (Å²) in [5.41, 5.74) is 0.725. The van der Waals surface area contributed by atoms with Gasteiger partial charge in [-0.1, -0.05) is 31.5 Å². The highest BCUT2D eigenvalue weighted by Crippen LogP contribution is 2.19. The third-order valence-corrected chi connectivity index (χ3v) is 3.37. The Labute approximate surface area is 99.8 Å². The van der Waals surface area contributed by atoms with Crippen molar-refractivity contribution in [2.24, 2.45) is 0 Å². The Hall–Kier alpha value is -1.09. The van der Waals surface area contributed by atoms with E-state index in [1.807, 2.05) is 38.1 Å². The maximum absolute atomic E-state index is 11.9. The van der Waals surface area contributed by atoms with E-state index in [0.717, 1.165) is 18.0 Å². The molecule has 0 unspecified atom stereocenters. The summed E-state index contributed by atoms with van der Waals surface area (Å²) in [6.45, 7) is 6.03. The molecule has 0 atom stereocenters. The van der Waals surface area contributed by atoms with Crippen molar-refractivity contribution in [3.05, 3.63) is 29.8 Å². The van der Waals surface area contributed by atoms with Crippen LogP contribution in [0, 0.1) is 0 Å². The summed E-state index contributed by atoms with van der Waals surface area (Å²) in [4.78, 5) is 11.9. The van der Waals surface area contributed by atoms with E-state index >= 15 is 0 Å². The summed E-state index contributed by atoms with van der Waals surface area (Å²) >= 11 is 0. The third-order valence-electron chi connectivity index (χ3n) is 2.03. The molecule has 0 fully saturated rings. The molecule has 1 aromatic carbocycles. The zero-order valence-corrected chi connectivity index (χ0v) is 11.1. The zero-order valence-electron chi connectivity index (χ0n) is 10.1. The van der Waals surface area contributed by atoms with Gasteiger partial charge in [0, 0.05) is 0 Å². The van der Waals surface area contributed by atoms with Crippen LogP contribution < -0.4 is 4.74 Å². The standard InChI is InChI=1S/C13H18O2Si/c1-4-9-16-13(14)11-7-5-6-8-12(11)15-10(2)3/h5-8,10H,4,9H2,1-3H3. The number of hydrogen-bond acceptors (Lipinski definition) is 2. The van der Waals surface area contributed by atoms with Crippen molar-refractivity contribution in [3.8, 4) is 5.75 Å². The van der Waals surface area contributed by atoms with Crippen molar-refractivity contribution in [2.45, 2.75) is 39.3 Å². The fourth-order valence-corrected chi connectivity index (χ4v) is 2.22. The van der Waals surface area contributed by atoms with E-state index in [9.17, 15) is 4.79 Å². The number of ether oxygens (including phenoxy) is 1. The van der Waals surface area contributed by atoms with Gasteiger partial charge in [-0.05, 0) is 26.0 Å². The van der Waals surface area contributed by atoms with Crippen LogP contribution in [0.15, 0.2) is 24.3 Å². The summed E-state index contributed by atoms with van der Waals surface area (Å²) in [5, 5.41) is 0.207. The molecule has 0 amide bonds. The Kier molecular flexibility index (Phi) is 5.26. The van der Waals surface area contributed by atoms with Gasteiger partial charge in [0.1, 0.15) is 20.7 Å². The average molecular weight is 234 g/mol. The van der Waals surface area contributed by atoms with Gasteiger partial charge in [-0.15, -0.1) is 0 Å². The van der Waals surface area contributed by atoms with Crippen molar-refractivity contribution in [1.82, 2.24) is 0 Å². The second-order valence-electron chi connectivity index (χ2n) is 3.92. The van der Waals surface area contributed by atoms with Gasteiger partial charge in [0.2, 0.25) is 0 Å². The Morgan fingerprint density at radius 1 is 1.38 bits per heavy atom. The number of para-hydroxylation sites is 1. The Morgan fingerprint density at radius 3 is 2.69 bits per heavy atom. The molecular weight excluding hydrogens is 216 g/mol. The van der Waals surface area contributed by atoms with Crippen molar-refractivity contribution >= 4 is 14.9 Å². The highest BCUT2D eigenvalue weighted by Gasteiger charge is 2.12. The molecule has 0 heterocycles. The number of hydrogen-bond donors (Lipinski definition) is 0. The lowest BCUT2D eigenvalue weighted by Gasteiger charge is -2.13. The molecule has 3 heteroatoms. The fourth-order valence-electron chi connectivity index (χ4n) is 1.34. The first-order valence-electron chi connectivity index (χ1n) is 5.69. The van der Waals surface area contributed by atoms with Crippen LogP contribution in [0.3, 0.4) is 0 Å². The molecule has 1 aromatic rings. The van der Waals surface area contributed by atoms with Crippen LogP contribution in [-0.2, 0) is 0 Å². The van der Waals surface area contributed by atoms with Crippen LogP contribution in [0.4, 0.5) is 0 Å². The van der Waals surface area contributed by atoms with E-state index in [2.05, 4.69) is 6.92 Å². The molecule has 0 saturated heterocycles. The summed E-state index contributed by atoms with van der Waals surface area (Å²) in [5.74, 6) is 0.714. The summed E-state index contributed by atoms with van der Waals surface area (Å²) in [6.07, 6.45) is 1.15. The van der Waals surface area contributed by atoms with Crippen molar-refractivity contribution in [2.75, 3.05) is 0 Å². The average Bonchev–Trinajstić information content (AvgIpc) is 2.26. The maximum Gasteiger partial charge on any atom is 0.140 e. The largest absolute Gasteiger partial charge is 0.490 e. The van der Waals surface area contributed by atoms with Gasteiger partial charge in [0.15, 0.2) is 0 Å². The Bertz CT molecular complexity index is 348. The topological polar surface area (TPSA) is 26.3 Å². The van der Waals surface area contributed by atoms with E-state index in [1.165, 1.54) is 0 Å². The van der Waals surface area contributed by atoms with Crippen LogP contribution in [-0.4, -0.2) is 21.0 Å². The third kappa shape index (κ3) is 3.81. The summed E-state index contributed by atoms with van der Waals surface area (Å²) in [6, 6.07) is 8.47. The molecule has 2 nitrogen and oxygen atoms in total. The fraction of sp³-hybridized carbons (Fsp3) is 0.462. The van der Waals surface area contributed by atoms with E-state index in [0.29, 0.717) is 15.3 Å². The van der Waals surface area contributed by atoms with Gasteiger partial charge in [0.05, 0.1) is 11.7 Å². The van der Waals surface area contributed by atoms with Gasteiger partial charge in [-0.2, -0.15) is 0 Å².